The first-order valence-corrected chi connectivity index (χ1v) is 6.03. The molecule has 1 aliphatic carbocycles. The Labute approximate surface area is 108 Å². The van der Waals surface area contributed by atoms with Gasteiger partial charge in [0.15, 0.2) is 5.76 Å². The summed E-state index contributed by atoms with van der Waals surface area (Å²) in [6.07, 6.45) is -0.290. The summed E-state index contributed by atoms with van der Waals surface area (Å²) >= 11 is 0. The molecule has 1 fully saturated rings. The van der Waals surface area contributed by atoms with Gasteiger partial charge in [0.25, 0.3) is 0 Å². The fourth-order valence-corrected chi connectivity index (χ4v) is 2.18. The number of Topliss-reactive ketones (excluding diaryl/α,β-unsaturated/α-hetero) is 1. The van der Waals surface area contributed by atoms with E-state index in [1.807, 2.05) is 0 Å². The molecule has 0 atom stereocenters. The molecule has 0 amide bonds. The van der Waals surface area contributed by atoms with Gasteiger partial charge in [-0.15, -0.1) is 0 Å². The largest absolute Gasteiger partial charge is 0.463 e. The van der Waals surface area contributed by atoms with Crippen molar-refractivity contribution >= 4 is 11.8 Å². The highest BCUT2D eigenvalue weighted by Gasteiger charge is 2.38. The summed E-state index contributed by atoms with van der Waals surface area (Å²) in [6.45, 7) is 0. The molecule has 0 saturated heterocycles. The predicted octanol–water partition coefficient (Wildman–Crippen LogP) is 3.07. The fourth-order valence-electron chi connectivity index (χ4n) is 2.18. The fraction of sp³-hybridized carbons (Fsp3) is 0.538. The second-order valence-corrected chi connectivity index (χ2v) is 4.65. The minimum atomic E-state index is -2.67. The minimum Gasteiger partial charge on any atom is -0.463 e. The van der Waals surface area contributed by atoms with Gasteiger partial charge in [0.1, 0.15) is 0 Å². The molecule has 1 aliphatic rings. The third-order valence-electron chi connectivity index (χ3n) is 3.32. The summed E-state index contributed by atoms with van der Waals surface area (Å²) in [7, 11) is 1.20. The second-order valence-electron chi connectivity index (χ2n) is 4.65. The molecule has 0 aromatic carbocycles. The number of methoxy groups -OCH3 is 1. The molecular formula is C13H14F2O4. The van der Waals surface area contributed by atoms with Crippen LogP contribution in [0.25, 0.3) is 0 Å². The topological polar surface area (TPSA) is 56.5 Å². The average Bonchev–Trinajstić information content (AvgIpc) is 2.86. The van der Waals surface area contributed by atoms with Crippen LogP contribution in [0.3, 0.4) is 0 Å². The Morgan fingerprint density at radius 3 is 2.42 bits per heavy atom. The Bertz CT molecular complexity index is 483. The van der Waals surface area contributed by atoms with Crippen LogP contribution in [0.15, 0.2) is 16.5 Å². The van der Waals surface area contributed by atoms with E-state index in [9.17, 15) is 18.4 Å². The van der Waals surface area contributed by atoms with Crippen molar-refractivity contribution in [2.45, 2.75) is 31.6 Å². The zero-order valence-electron chi connectivity index (χ0n) is 10.4. The van der Waals surface area contributed by atoms with Gasteiger partial charge in [0, 0.05) is 18.8 Å². The van der Waals surface area contributed by atoms with E-state index in [0.29, 0.717) is 0 Å². The van der Waals surface area contributed by atoms with Crippen molar-refractivity contribution in [2.75, 3.05) is 7.11 Å². The van der Waals surface area contributed by atoms with Gasteiger partial charge in [-0.2, -0.15) is 0 Å². The quantitative estimate of drug-likeness (QED) is 0.626. The van der Waals surface area contributed by atoms with Crippen LogP contribution in [0.4, 0.5) is 8.78 Å². The lowest BCUT2D eigenvalue weighted by molar-refractivity contribution is -0.0426. The highest BCUT2D eigenvalue weighted by Crippen LogP contribution is 2.37. The first-order chi connectivity index (χ1) is 8.93. The normalized spacial score (nSPS) is 19.1. The SMILES string of the molecule is COC(=O)c1ccc(C(=O)C2CCC(F)(F)CC2)o1. The number of ether oxygens (including phenoxy) is 1. The van der Waals surface area contributed by atoms with Crippen LogP contribution in [0.5, 0.6) is 0 Å². The highest BCUT2D eigenvalue weighted by atomic mass is 19.3. The Kier molecular flexibility index (Phi) is 3.68. The van der Waals surface area contributed by atoms with Gasteiger partial charge in [-0.3, -0.25) is 4.79 Å². The lowest BCUT2D eigenvalue weighted by atomic mass is 9.83. The van der Waals surface area contributed by atoms with Gasteiger partial charge < -0.3 is 9.15 Å². The van der Waals surface area contributed by atoms with Gasteiger partial charge in [0.05, 0.1) is 7.11 Å². The standard InChI is InChI=1S/C13H14F2O4/c1-18-12(17)10-3-2-9(19-10)11(16)8-4-6-13(14,15)7-5-8/h2-3,8H,4-7H2,1H3. The molecule has 0 aliphatic heterocycles. The molecule has 0 spiro atoms. The van der Waals surface area contributed by atoms with E-state index in [1.165, 1.54) is 19.2 Å². The van der Waals surface area contributed by atoms with Gasteiger partial charge in [-0.05, 0) is 25.0 Å². The summed E-state index contributed by atoms with van der Waals surface area (Å²) in [4.78, 5) is 23.2. The summed E-state index contributed by atoms with van der Waals surface area (Å²) < 4.78 is 35.6. The molecule has 1 heterocycles. The number of halogens is 2. The number of hydrogen-bond acceptors (Lipinski definition) is 4. The molecule has 0 bridgehead atoms. The van der Waals surface area contributed by atoms with E-state index in [4.69, 9.17) is 4.42 Å². The van der Waals surface area contributed by atoms with Crippen molar-refractivity contribution in [3.05, 3.63) is 23.7 Å². The highest BCUT2D eigenvalue weighted by molar-refractivity contribution is 5.96. The molecule has 4 nitrogen and oxygen atoms in total. The third kappa shape index (κ3) is 3.00. The van der Waals surface area contributed by atoms with Crippen molar-refractivity contribution in [3.63, 3.8) is 0 Å². The second kappa shape index (κ2) is 5.11. The maximum absolute atomic E-state index is 13.0. The maximum atomic E-state index is 13.0. The van der Waals surface area contributed by atoms with Crippen molar-refractivity contribution in [1.82, 2.24) is 0 Å². The van der Waals surface area contributed by atoms with Crippen molar-refractivity contribution in [3.8, 4) is 0 Å². The average molecular weight is 272 g/mol. The molecule has 0 N–H and O–H groups in total. The number of carbonyl (C=O) groups is 2. The molecule has 6 heteroatoms. The molecular weight excluding hydrogens is 258 g/mol. The summed E-state index contributed by atoms with van der Waals surface area (Å²) in [5.74, 6) is -4.17. The van der Waals surface area contributed by atoms with E-state index in [-0.39, 0.29) is 43.0 Å². The van der Waals surface area contributed by atoms with E-state index < -0.39 is 17.8 Å². The third-order valence-corrected chi connectivity index (χ3v) is 3.32. The van der Waals surface area contributed by atoms with Crippen molar-refractivity contribution in [1.29, 1.82) is 0 Å². The molecule has 0 unspecified atom stereocenters. The Morgan fingerprint density at radius 2 is 1.84 bits per heavy atom. The van der Waals surface area contributed by atoms with Crippen LogP contribution in [0, 0.1) is 5.92 Å². The first kappa shape index (κ1) is 13.7. The van der Waals surface area contributed by atoms with Crippen molar-refractivity contribution < 1.29 is 27.5 Å². The van der Waals surface area contributed by atoms with E-state index in [0.717, 1.165) is 0 Å². The predicted molar refractivity (Wildman–Crippen MR) is 61.3 cm³/mol. The van der Waals surface area contributed by atoms with Crippen LogP contribution in [-0.4, -0.2) is 24.8 Å². The Morgan fingerprint density at radius 1 is 1.26 bits per heavy atom. The van der Waals surface area contributed by atoms with E-state index in [2.05, 4.69) is 4.74 Å². The number of ketones is 1. The molecule has 1 aromatic heterocycles. The number of esters is 1. The molecule has 19 heavy (non-hydrogen) atoms. The monoisotopic (exact) mass is 272 g/mol. The van der Waals surface area contributed by atoms with E-state index >= 15 is 0 Å². The first-order valence-electron chi connectivity index (χ1n) is 6.03. The summed E-state index contributed by atoms with van der Waals surface area (Å²) in [6, 6.07) is 2.72. The van der Waals surface area contributed by atoms with Gasteiger partial charge in [0.2, 0.25) is 17.5 Å². The minimum absolute atomic E-state index is 0.0237. The number of furan rings is 1. The lowest BCUT2D eigenvalue weighted by Crippen LogP contribution is -2.28. The number of alkyl halides is 2. The molecule has 1 saturated carbocycles. The lowest BCUT2D eigenvalue weighted by Gasteiger charge is -2.26. The zero-order chi connectivity index (χ0) is 14.0. The molecule has 104 valence electrons. The smallest absolute Gasteiger partial charge is 0.373 e. The summed E-state index contributed by atoms with van der Waals surface area (Å²) in [5, 5.41) is 0. The van der Waals surface area contributed by atoms with Crippen LogP contribution >= 0.6 is 0 Å². The van der Waals surface area contributed by atoms with Gasteiger partial charge in [-0.25, -0.2) is 13.6 Å². The number of rotatable bonds is 3. The summed E-state index contributed by atoms with van der Waals surface area (Å²) in [5.41, 5.74) is 0. The van der Waals surface area contributed by atoms with Crippen LogP contribution in [0.2, 0.25) is 0 Å². The van der Waals surface area contributed by atoms with Gasteiger partial charge in [-0.1, -0.05) is 0 Å². The van der Waals surface area contributed by atoms with Crippen LogP contribution in [-0.2, 0) is 4.74 Å². The zero-order valence-corrected chi connectivity index (χ0v) is 10.4. The van der Waals surface area contributed by atoms with Gasteiger partial charge >= 0.3 is 5.97 Å². The van der Waals surface area contributed by atoms with Crippen LogP contribution in [0.1, 0.15) is 46.8 Å². The molecule has 1 aromatic rings. The number of hydrogen-bond donors (Lipinski definition) is 0. The Balaban J connectivity index is 2.04. The maximum Gasteiger partial charge on any atom is 0.373 e. The molecule has 2 rings (SSSR count). The van der Waals surface area contributed by atoms with E-state index in [1.54, 1.807) is 0 Å². The Hall–Kier alpha value is -1.72. The van der Waals surface area contributed by atoms with Crippen molar-refractivity contribution in [2.24, 2.45) is 5.92 Å². The van der Waals surface area contributed by atoms with Crippen LogP contribution < -0.4 is 0 Å². The number of carbonyl (C=O) groups excluding carboxylic acids is 2. The molecule has 0 radical (unpaired) electrons.